The fraction of sp³-hybridized carbons (Fsp3) is 0.500. The van der Waals surface area contributed by atoms with E-state index in [1.54, 1.807) is 23.5 Å². The standard InChI is InChI=1S/C18H23N.C8H10ClNS.C6H12.C4H6.C2H6/c1-3-9-15(4-2)14-18-17(12-8-13-19-18)16-10-6-5-7-11-16;1-10-3-2-6-4-8(9)11-7(6)5-10;1-2-4-6-5-3-1;1-3-4-2;1-2/h5-8,10-13,15H,3-4,9,14H2,1-2H3;4H,2-3,5H2,1H3;1-6H2;3-4H,1-2H2;1-2H3. The van der Waals surface area contributed by atoms with Crippen molar-refractivity contribution in [3.05, 3.63) is 101 Å². The van der Waals surface area contributed by atoms with Crippen molar-refractivity contribution in [3.63, 3.8) is 0 Å². The number of likely N-dealkylation sites (N-methyl/N-ethyl adjacent to an activating group) is 1. The van der Waals surface area contributed by atoms with Gasteiger partial charge in [0.2, 0.25) is 0 Å². The minimum Gasteiger partial charge on any atom is -0.301 e. The highest BCUT2D eigenvalue weighted by atomic mass is 35.5. The summed E-state index contributed by atoms with van der Waals surface area (Å²) in [5, 5.41) is 0. The normalized spacial score (nSPS) is 14.4. The van der Waals surface area contributed by atoms with E-state index in [-0.39, 0.29) is 0 Å². The number of aromatic nitrogens is 1. The predicted octanol–water partition coefficient (Wildman–Crippen LogP) is 12.2. The van der Waals surface area contributed by atoms with Crippen LogP contribution < -0.4 is 0 Å². The molecule has 1 unspecified atom stereocenters. The lowest BCUT2D eigenvalue weighted by Gasteiger charge is -2.21. The van der Waals surface area contributed by atoms with Crippen LogP contribution in [0.5, 0.6) is 0 Å². The van der Waals surface area contributed by atoms with Crippen LogP contribution in [0.2, 0.25) is 4.34 Å². The van der Waals surface area contributed by atoms with E-state index < -0.39 is 0 Å². The molecular weight excluding hydrogens is 552 g/mol. The van der Waals surface area contributed by atoms with Crippen LogP contribution in [0.1, 0.15) is 102 Å². The first-order chi connectivity index (χ1) is 20.5. The molecule has 1 aliphatic heterocycles. The van der Waals surface area contributed by atoms with Crippen LogP contribution in [0.15, 0.2) is 80.0 Å². The Morgan fingerprint density at radius 2 is 1.57 bits per heavy atom. The number of allylic oxidation sites excluding steroid dienone is 2. The van der Waals surface area contributed by atoms with Crippen molar-refractivity contribution in [2.75, 3.05) is 13.6 Å². The quantitative estimate of drug-likeness (QED) is 0.248. The summed E-state index contributed by atoms with van der Waals surface area (Å²) in [7, 11) is 2.15. The molecule has 2 aliphatic rings. The topological polar surface area (TPSA) is 16.1 Å². The van der Waals surface area contributed by atoms with E-state index in [0.29, 0.717) is 0 Å². The molecule has 1 aromatic carbocycles. The van der Waals surface area contributed by atoms with Crippen molar-refractivity contribution >= 4 is 22.9 Å². The zero-order chi connectivity index (χ0) is 31.0. The van der Waals surface area contributed by atoms with Crippen molar-refractivity contribution in [2.45, 2.75) is 105 Å². The van der Waals surface area contributed by atoms with Crippen molar-refractivity contribution in [2.24, 2.45) is 5.92 Å². The van der Waals surface area contributed by atoms with Gasteiger partial charge < -0.3 is 4.90 Å². The van der Waals surface area contributed by atoms with Crippen LogP contribution in [0.3, 0.4) is 0 Å². The Labute approximate surface area is 267 Å². The van der Waals surface area contributed by atoms with Crippen LogP contribution in [0.25, 0.3) is 11.1 Å². The molecule has 0 radical (unpaired) electrons. The van der Waals surface area contributed by atoms with Gasteiger partial charge in [-0.05, 0) is 49.1 Å². The Bertz CT molecular complexity index is 1070. The van der Waals surface area contributed by atoms with Gasteiger partial charge >= 0.3 is 0 Å². The Morgan fingerprint density at radius 1 is 0.952 bits per heavy atom. The molecule has 0 spiro atoms. The molecule has 3 aromatic rings. The van der Waals surface area contributed by atoms with E-state index in [0.717, 1.165) is 29.6 Å². The molecule has 1 atom stereocenters. The third-order valence-electron chi connectivity index (χ3n) is 7.44. The highest BCUT2D eigenvalue weighted by Crippen LogP contribution is 2.30. The maximum absolute atomic E-state index is 5.90. The summed E-state index contributed by atoms with van der Waals surface area (Å²) in [4.78, 5) is 8.40. The third kappa shape index (κ3) is 15.3. The molecule has 2 aromatic heterocycles. The summed E-state index contributed by atoms with van der Waals surface area (Å²) in [5.74, 6) is 0.752. The van der Waals surface area contributed by atoms with Crippen LogP contribution >= 0.6 is 22.9 Å². The first kappa shape index (κ1) is 37.8. The van der Waals surface area contributed by atoms with Crippen LogP contribution in [0.4, 0.5) is 0 Å². The second-order valence-corrected chi connectivity index (χ2v) is 12.5. The van der Waals surface area contributed by atoms with Gasteiger partial charge in [0, 0.05) is 35.4 Å². The van der Waals surface area contributed by atoms with E-state index in [9.17, 15) is 0 Å². The van der Waals surface area contributed by atoms with Gasteiger partial charge in [-0.2, -0.15) is 0 Å². The number of pyridine rings is 1. The number of rotatable bonds is 7. The molecule has 0 N–H and O–H groups in total. The van der Waals surface area contributed by atoms with Gasteiger partial charge in [-0.1, -0.05) is 159 Å². The van der Waals surface area contributed by atoms with Crippen LogP contribution in [-0.2, 0) is 19.4 Å². The van der Waals surface area contributed by atoms with Crippen molar-refractivity contribution in [1.29, 1.82) is 0 Å². The molecule has 1 saturated carbocycles. The summed E-state index contributed by atoms with van der Waals surface area (Å²) in [6.45, 7) is 17.5. The van der Waals surface area contributed by atoms with Gasteiger partial charge in [-0.25, -0.2) is 0 Å². The summed E-state index contributed by atoms with van der Waals surface area (Å²) in [6.07, 6.45) is 20.2. The number of benzene rings is 1. The number of thiophene rings is 1. The summed E-state index contributed by atoms with van der Waals surface area (Å²) < 4.78 is 0.935. The molecular formula is C38H57ClN2S. The lowest BCUT2D eigenvalue weighted by molar-refractivity contribution is 0.317. The smallest absolute Gasteiger partial charge is 0.0934 e. The zero-order valence-corrected chi connectivity index (χ0v) is 28.8. The zero-order valence-electron chi connectivity index (χ0n) is 27.2. The Kier molecular flexibility index (Phi) is 21.9. The summed E-state index contributed by atoms with van der Waals surface area (Å²) >= 11 is 7.62. The summed E-state index contributed by atoms with van der Waals surface area (Å²) in [6, 6.07) is 16.9. The average molecular weight is 609 g/mol. The average Bonchev–Trinajstić information content (AvgIpc) is 3.43. The van der Waals surface area contributed by atoms with E-state index in [4.69, 9.17) is 11.6 Å². The number of hydrogen-bond acceptors (Lipinski definition) is 3. The van der Waals surface area contributed by atoms with Gasteiger partial charge in [0.25, 0.3) is 0 Å². The first-order valence-corrected chi connectivity index (χ1v) is 17.4. The number of fused-ring (bicyclic) bond motifs is 1. The van der Waals surface area contributed by atoms with E-state index >= 15 is 0 Å². The van der Waals surface area contributed by atoms with Crippen molar-refractivity contribution in [1.82, 2.24) is 9.88 Å². The van der Waals surface area contributed by atoms with Gasteiger partial charge in [0.15, 0.2) is 0 Å². The molecule has 232 valence electrons. The largest absolute Gasteiger partial charge is 0.301 e. The number of hydrogen-bond donors (Lipinski definition) is 0. The van der Waals surface area contributed by atoms with Gasteiger partial charge in [-0.3, -0.25) is 4.98 Å². The molecule has 2 nitrogen and oxygen atoms in total. The first-order valence-electron chi connectivity index (χ1n) is 16.2. The fourth-order valence-electron chi connectivity index (χ4n) is 5.09. The molecule has 3 heterocycles. The molecule has 5 rings (SSSR count). The highest BCUT2D eigenvalue weighted by molar-refractivity contribution is 7.16. The van der Waals surface area contributed by atoms with Gasteiger partial charge in [-0.15, -0.1) is 11.3 Å². The fourth-order valence-corrected chi connectivity index (χ4v) is 6.51. The van der Waals surface area contributed by atoms with E-state index in [1.165, 1.54) is 91.6 Å². The van der Waals surface area contributed by atoms with Crippen molar-refractivity contribution in [3.8, 4) is 11.1 Å². The molecule has 1 aliphatic carbocycles. The predicted molar refractivity (Wildman–Crippen MR) is 191 cm³/mol. The lowest BCUT2D eigenvalue weighted by Crippen LogP contribution is -2.24. The van der Waals surface area contributed by atoms with E-state index in [2.05, 4.69) is 86.4 Å². The second-order valence-electron chi connectivity index (χ2n) is 10.7. The molecule has 42 heavy (non-hydrogen) atoms. The maximum atomic E-state index is 5.90. The highest BCUT2D eigenvalue weighted by Gasteiger charge is 2.15. The van der Waals surface area contributed by atoms with E-state index in [1.807, 2.05) is 26.1 Å². The molecule has 0 bridgehead atoms. The number of nitrogens with zero attached hydrogens (tertiary/aromatic N) is 2. The minimum atomic E-state index is 0.752. The monoisotopic (exact) mass is 608 g/mol. The molecule has 0 saturated heterocycles. The van der Waals surface area contributed by atoms with Crippen LogP contribution in [-0.4, -0.2) is 23.5 Å². The van der Waals surface area contributed by atoms with Gasteiger partial charge in [0.05, 0.1) is 4.34 Å². The third-order valence-corrected chi connectivity index (χ3v) is 8.73. The SMILES string of the molecule is C1CCCCC1.C=CC=C.CC.CCCC(CC)Cc1ncccc1-c1ccccc1.CN1CCc2cc(Cl)sc2C1. The number of halogens is 1. The van der Waals surface area contributed by atoms with Gasteiger partial charge in [0.1, 0.15) is 0 Å². The Morgan fingerprint density at radius 3 is 2.12 bits per heavy atom. The maximum Gasteiger partial charge on any atom is 0.0934 e. The lowest BCUT2D eigenvalue weighted by atomic mass is 9.92. The summed E-state index contributed by atoms with van der Waals surface area (Å²) in [5.41, 5.74) is 5.27. The second kappa shape index (κ2) is 24.3. The van der Waals surface area contributed by atoms with Crippen molar-refractivity contribution < 1.29 is 0 Å². The Balaban J connectivity index is 0.000000321. The Hall–Kier alpha value is -2.20. The molecule has 0 amide bonds. The minimum absolute atomic E-state index is 0.752. The molecule has 1 fully saturated rings. The molecule has 4 heteroatoms. The van der Waals surface area contributed by atoms with Crippen LogP contribution in [0, 0.1) is 5.92 Å².